The highest BCUT2D eigenvalue weighted by Crippen LogP contribution is 2.08. The van der Waals surface area contributed by atoms with Gasteiger partial charge in [-0.15, -0.1) is 5.92 Å². The zero-order valence-corrected chi connectivity index (χ0v) is 9.97. The summed E-state index contributed by atoms with van der Waals surface area (Å²) in [6.07, 6.45) is 2.88. The van der Waals surface area contributed by atoms with E-state index in [1.165, 1.54) is 0 Å². The molecule has 2 atom stereocenters. The van der Waals surface area contributed by atoms with Gasteiger partial charge >= 0.3 is 0 Å². The fourth-order valence-corrected chi connectivity index (χ4v) is 1.27. The van der Waals surface area contributed by atoms with Crippen LogP contribution in [-0.4, -0.2) is 18.5 Å². The highest BCUT2D eigenvalue weighted by atomic mass is 16.1. The van der Waals surface area contributed by atoms with Crippen molar-refractivity contribution < 1.29 is 4.79 Å². The predicted octanol–water partition coefficient (Wildman–Crippen LogP) is 1.28. The van der Waals surface area contributed by atoms with Gasteiger partial charge in [-0.05, 0) is 26.7 Å². The summed E-state index contributed by atoms with van der Waals surface area (Å²) in [4.78, 5) is 11.5. The van der Waals surface area contributed by atoms with Crippen molar-refractivity contribution >= 4 is 5.91 Å². The van der Waals surface area contributed by atoms with Crippen molar-refractivity contribution in [2.24, 2.45) is 11.7 Å². The lowest BCUT2D eigenvalue weighted by molar-refractivity contribution is -0.124. The molecule has 3 nitrogen and oxygen atoms in total. The summed E-state index contributed by atoms with van der Waals surface area (Å²) >= 11 is 0. The van der Waals surface area contributed by atoms with E-state index < -0.39 is 0 Å². The van der Waals surface area contributed by atoms with Gasteiger partial charge in [0.1, 0.15) is 0 Å². The monoisotopic (exact) mass is 210 g/mol. The van der Waals surface area contributed by atoms with Gasteiger partial charge in [-0.25, -0.2) is 0 Å². The van der Waals surface area contributed by atoms with Crippen LogP contribution >= 0.6 is 0 Å². The fourth-order valence-electron chi connectivity index (χ4n) is 1.27. The van der Waals surface area contributed by atoms with Gasteiger partial charge in [-0.2, -0.15) is 0 Å². The minimum atomic E-state index is 0.0578. The largest absolute Gasteiger partial charge is 0.345 e. The molecular weight excluding hydrogens is 188 g/mol. The van der Waals surface area contributed by atoms with E-state index >= 15 is 0 Å². The first-order valence-electron chi connectivity index (χ1n) is 5.50. The van der Waals surface area contributed by atoms with Crippen LogP contribution in [0.1, 0.15) is 40.0 Å². The van der Waals surface area contributed by atoms with E-state index in [1.807, 2.05) is 13.8 Å². The quantitative estimate of drug-likeness (QED) is 0.649. The van der Waals surface area contributed by atoms with Crippen LogP contribution in [0.15, 0.2) is 0 Å². The van der Waals surface area contributed by atoms with Gasteiger partial charge in [0.05, 0.1) is 6.54 Å². The summed E-state index contributed by atoms with van der Waals surface area (Å²) in [6, 6.07) is 0.228. The lowest BCUT2D eigenvalue weighted by Crippen LogP contribution is -2.29. The molecule has 0 bridgehead atoms. The van der Waals surface area contributed by atoms with Crippen LogP contribution in [0.2, 0.25) is 0 Å². The Morgan fingerprint density at radius 3 is 2.60 bits per heavy atom. The maximum absolute atomic E-state index is 11.5. The predicted molar refractivity (Wildman–Crippen MR) is 63.1 cm³/mol. The van der Waals surface area contributed by atoms with Gasteiger partial charge in [-0.3, -0.25) is 4.79 Å². The number of amides is 1. The van der Waals surface area contributed by atoms with Gasteiger partial charge in [-0.1, -0.05) is 19.3 Å². The van der Waals surface area contributed by atoms with Crippen molar-refractivity contribution in [1.82, 2.24) is 5.32 Å². The van der Waals surface area contributed by atoms with E-state index in [0.29, 0.717) is 6.54 Å². The van der Waals surface area contributed by atoms with Gasteiger partial charge < -0.3 is 11.1 Å². The van der Waals surface area contributed by atoms with Crippen LogP contribution in [-0.2, 0) is 4.79 Å². The van der Waals surface area contributed by atoms with Gasteiger partial charge in [0.25, 0.3) is 0 Å². The van der Waals surface area contributed by atoms with Crippen molar-refractivity contribution in [2.45, 2.75) is 46.1 Å². The van der Waals surface area contributed by atoms with Gasteiger partial charge in [0, 0.05) is 12.0 Å². The van der Waals surface area contributed by atoms with Crippen molar-refractivity contribution in [3.8, 4) is 11.8 Å². The standard InChI is InChI=1S/C12H22N2O/c1-4-5-9-14-12(15)10(2)7-6-8-11(3)13/h10-11H,6-9,13H2,1-3H3,(H,14,15). The van der Waals surface area contributed by atoms with E-state index in [4.69, 9.17) is 5.73 Å². The number of nitrogens with two attached hydrogens (primary N) is 1. The molecule has 0 aliphatic heterocycles. The maximum atomic E-state index is 11.5. The van der Waals surface area contributed by atoms with Crippen LogP contribution in [0.25, 0.3) is 0 Å². The first-order valence-corrected chi connectivity index (χ1v) is 5.50. The molecule has 0 aliphatic carbocycles. The lowest BCUT2D eigenvalue weighted by Gasteiger charge is -2.11. The third-order valence-electron chi connectivity index (χ3n) is 2.27. The molecule has 0 spiro atoms. The van der Waals surface area contributed by atoms with Crippen LogP contribution in [0.5, 0.6) is 0 Å². The minimum Gasteiger partial charge on any atom is -0.345 e. The Kier molecular flexibility index (Phi) is 7.75. The molecular formula is C12H22N2O. The Bertz CT molecular complexity index is 238. The number of carbonyl (C=O) groups is 1. The number of carbonyl (C=O) groups excluding carboxylic acids is 1. The molecule has 1 amide bonds. The molecule has 0 rings (SSSR count). The molecule has 0 radical (unpaired) electrons. The highest BCUT2D eigenvalue weighted by Gasteiger charge is 2.11. The molecule has 3 N–H and O–H groups in total. The molecule has 0 saturated carbocycles. The maximum Gasteiger partial charge on any atom is 0.223 e. The summed E-state index contributed by atoms with van der Waals surface area (Å²) in [7, 11) is 0. The first kappa shape index (κ1) is 14.0. The summed E-state index contributed by atoms with van der Waals surface area (Å²) in [5.41, 5.74) is 5.63. The molecule has 15 heavy (non-hydrogen) atoms. The number of hydrogen-bond donors (Lipinski definition) is 2. The SMILES string of the molecule is CC#CCNC(=O)C(C)CCCC(C)N. The van der Waals surface area contributed by atoms with Crippen LogP contribution in [0.3, 0.4) is 0 Å². The van der Waals surface area contributed by atoms with E-state index in [-0.39, 0.29) is 17.9 Å². The Morgan fingerprint density at radius 2 is 2.07 bits per heavy atom. The molecule has 0 saturated heterocycles. The van der Waals surface area contributed by atoms with Gasteiger partial charge in [0.2, 0.25) is 5.91 Å². The van der Waals surface area contributed by atoms with Crippen LogP contribution < -0.4 is 11.1 Å². The third-order valence-corrected chi connectivity index (χ3v) is 2.27. The fraction of sp³-hybridized carbons (Fsp3) is 0.750. The zero-order chi connectivity index (χ0) is 11.7. The van der Waals surface area contributed by atoms with E-state index in [9.17, 15) is 4.79 Å². The van der Waals surface area contributed by atoms with E-state index in [1.54, 1.807) is 6.92 Å². The molecule has 0 aromatic carbocycles. The second-order valence-electron chi connectivity index (χ2n) is 3.95. The normalized spacial score (nSPS) is 13.6. The number of nitrogens with one attached hydrogen (secondary N) is 1. The van der Waals surface area contributed by atoms with Crippen molar-refractivity contribution in [3.05, 3.63) is 0 Å². The average Bonchev–Trinajstić information content (AvgIpc) is 2.17. The molecule has 0 heterocycles. The van der Waals surface area contributed by atoms with Crippen molar-refractivity contribution in [2.75, 3.05) is 6.54 Å². The topological polar surface area (TPSA) is 55.1 Å². The summed E-state index contributed by atoms with van der Waals surface area (Å²) in [6.45, 7) is 6.14. The molecule has 0 aromatic heterocycles. The van der Waals surface area contributed by atoms with Crippen molar-refractivity contribution in [1.29, 1.82) is 0 Å². The van der Waals surface area contributed by atoms with E-state index in [0.717, 1.165) is 19.3 Å². The Hall–Kier alpha value is -1.01. The van der Waals surface area contributed by atoms with E-state index in [2.05, 4.69) is 17.2 Å². The second-order valence-corrected chi connectivity index (χ2v) is 3.95. The molecule has 86 valence electrons. The average molecular weight is 210 g/mol. The summed E-state index contributed by atoms with van der Waals surface area (Å²) < 4.78 is 0. The first-order chi connectivity index (χ1) is 7.07. The Balaban J connectivity index is 3.63. The zero-order valence-electron chi connectivity index (χ0n) is 9.97. The third kappa shape index (κ3) is 8.02. The molecule has 2 unspecified atom stereocenters. The summed E-state index contributed by atoms with van der Waals surface area (Å²) in [5.74, 6) is 5.69. The smallest absolute Gasteiger partial charge is 0.223 e. The Labute approximate surface area is 92.8 Å². The van der Waals surface area contributed by atoms with Gasteiger partial charge in [0.15, 0.2) is 0 Å². The molecule has 0 aromatic rings. The molecule has 3 heteroatoms. The number of hydrogen-bond acceptors (Lipinski definition) is 2. The second kappa shape index (κ2) is 8.31. The molecule has 0 fully saturated rings. The lowest BCUT2D eigenvalue weighted by atomic mass is 10.0. The van der Waals surface area contributed by atoms with Crippen LogP contribution in [0, 0.1) is 17.8 Å². The van der Waals surface area contributed by atoms with Crippen molar-refractivity contribution in [3.63, 3.8) is 0 Å². The highest BCUT2D eigenvalue weighted by molar-refractivity contribution is 5.78. The minimum absolute atomic E-state index is 0.0578. The molecule has 0 aliphatic rings. The van der Waals surface area contributed by atoms with Crippen LogP contribution in [0.4, 0.5) is 0 Å². The summed E-state index contributed by atoms with van der Waals surface area (Å²) in [5, 5.41) is 2.78. The Morgan fingerprint density at radius 1 is 1.40 bits per heavy atom. The number of rotatable bonds is 6.